The lowest BCUT2D eigenvalue weighted by molar-refractivity contribution is -0.126. The van der Waals surface area contributed by atoms with Crippen LogP contribution in [0.2, 0.25) is 5.02 Å². The van der Waals surface area contributed by atoms with Crippen molar-refractivity contribution in [3.8, 4) is 17.0 Å². The number of hydrogen-bond donors (Lipinski definition) is 3. The van der Waals surface area contributed by atoms with E-state index in [1.165, 1.54) is 35.5 Å². The molecular formula is C46H45BrClF3N14O3. The van der Waals surface area contributed by atoms with Crippen molar-refractivity contribution in [2.75, 3.05) is 80.8 Å². The van der Waals surface area contributed by atoms with Crippen molar-refractivity contribution in [3.63, 3.8) is 0 Å². The normalized spacial score (nSPS) is 14.1. The third-order valence-electron chi connectivity index (χ3n) is 12.0. The summed E-state index contributed by atoms with van der Waals surface area (Å²) in [6, 6.07) is 9.95. The van der Waals surface area contributed by atoms with Crippen LogP contribution in [-0.4, -0.2) is 121 Å². The van der Waals surface area contributed by atoms with Crippen LogP contribution in [0.15, 0.2) is 71.6 Å². The Morgan fingerprint density at radius 3 is 2.59 bits per heavy atom. The topological polar surface area (TPSA) is 192 Å². The van der Waals surface area contributed by atoms with E-state index in [2.05, 4.69) is 62.7 Å². The van der Waals surface area contributed by atoms with Crippen molar-refractivity contribution in [2.24, 2.45) is 0 Å². The van der Waals surface area contributed by atoms with E-state index in [9.17, 15) is 9.59 Å². The van der Waals surface area contributed by atoms with Crippen LogP contribution in [0.1, 0.15) is 46.1 Å². The number of nitrogens with one attached hydrogen (secondary N) is 2. The predicted octanol–water partition coefficient (Wildman–Crippen LogP) is 7.16. The zero-order chi connectivity index (χ0) is 48.0. The van der Waals surface area contributed by atoms with E-state index in [1.54, 1.807) is 41.7 Å². The molecule has 0 unspecified atom stereocenters. The first-order chi connectivity index (χ1) is 32.6. The minimum Gasteiger partial charge on any atom is -0.486 e. The average molecular weight is 1010 g/mol. The summed E-state index contributed by atoms with van der Waals surface area (Å²) in [7, 11) is 3.62. The van der Waals surface area contributed by atoms with Gasteiger partial charge in [0.2, 0.25) is 11.9 Å². The number of amides is 2. The second-order valence-corrected chi connectivity index (χ2v) is 18.1. The number of imidazole rings is 1. The molecule has 0 atom stereocenters. The zero-order valence-electron chi connectivity index (χ0n) is 37.2. The Morgan fingerprint density at radius 2 is 1.84 bits per heavy atom. The maximum absolute atomic E-state index is 15.3. The molecule has 1 aliphatic carbocycles. The summed E-state index contributed by atoms with van der Waals surface area (Å²) in [6.45, 7) is 8.65. The molecule has 0 bridgehead atoms. The number of aromatic amines is 1. The van der Waals surface area contributed by atoms with Crippen molar-refractivity contribution in [1.29, 1.82) is 0 Å². The van der Waals surface area contributed by atoms with Gasteiger partial charge in [-0.15, -0.1) is 0 Å². The Labute approximate surface area is 401 Å². The standard InChI is InChI=1S/C46H45BrClF3N14O3/c1-24(21-64(22-36-56-34-10-9-32(48)37(51)39(34)58-36)46-60-45(63-13-11-61(3)12-14-63)59-42-31(47)20-55-65(42)46)44(67)62(4)15-16-68-40-38(53-23-54-41(40)52)30-18-28(49)19-35(25(30)2)57-43(66)29-8-7-27(17-33(29)50)26-5-6-26/h7-10,17-20,23,26H,1,5-6,11-16,21-22H2,2-4H3,(H,56,58)(H,57,66)(H2,52,53,54). The van der Waals surface area contributed by atoms with Gasteiger partial charge in [-0.3, -0.25) is 9.59 Å². The van der Waals surface area contributed by atoms with Gasteiger partial charge < -0.3 is 40.4 Å². The fourth-order valence-corrected chi connectivity index (χ4v) is 8.51. The fourth-order valence-electron chi connectivity index (χ4n) is 8.01. The maximum atomic E-state index is 15.3. The first-order valence-corrected chi connectivity index (χ1v) is 22.8. The predicted molar refractivity (Wildman–Crippen MR) is 255 cm³/mol. The molecule has 17 nitrogen and oxygen atoms in total. The second kappa shape index (κ2) is 19.0. The van der Waals surface area contributed by atoms with Gasteiger partial charge in [0.1, 0.15) is 41.6 Å². The van der Waals surface area contributed by atoms with E-state index in [0.717, 1.165) is 37.6 Å². The number of likely N-dealkylation sites (N-methyl/N-ethyl adjacent to an activating group) is 2. The molecule has 4 N–H and O–H groups in total. The molecule has 352 valence electrons. The number of nitrogen functional groups attached to an aromatic ring is 1. The number of hydrogen-bond acceptors (Lipinski definition) is 13. The van der Waals surface area contributed by atoms with Crippen LogP contribution in [0, 0.1) is 24.4 Å². The number of ether oxygens (including phenoxy) is 1. The molecule has 1 saturated carbocycles. The van der Waals surface area contributed by atoms with Crippen molar-refractivity contribution < 1.29 is 27.5 Å². The van der Waals surface area contributed by atoms with Crippen molar-refractivity contribution >= 4 is 79.4 Å². The van der Waals surface area contributed by atoms with Crippen LogP contribution < -0.4 is 25.6 Å². The number of carbonyl (C=O) groups excluding carboxylic acids is 2. The largest absolute Gasteiger partial charge is 0.486 e. The highest BCUT2D eigenvalue weighted by molar-refractivity contribution is 9.10. The Bertz CT molecular complexity index is 3120. The maximum Gasteiger partial charge on any atom is 0.258 e. The molecule has 7 aromatic rings. The van der Waals surface area contributed by atoms with Crippen LogP contribution in [-0.2, 0) is 11.3 Å². The number of nitrogens with two attached hydrogens (primary N) is 1. The van der Waals surface area contributed by atoms with Gasteiger partial charge in [-0.25, -0.2) is 28.1 Å². The molecule has 2 amide bonds. The summed E-state index contributed by atoms with van der Waals surface area (Å²) in [5.74, 6) is -1.82. The molecule has 2 fully saturated rings. The number of piperazine rings is 1. The fraction of sp³-hybridized carbons (Fsp3) is 0.304. The molecule has 22 heteroatoms. The Hall–Kier alpha value is -6.84. The second-order valence-electron chi connectivity index (χ2n) is 16.8. The number of H-pyrrole nitrogens is 1. The number of anilines is 4. The molecule has 4 aromatic heterocycles. The summed E-state index contributed by atoms with van der Waals surface area (Å²) >= 11 is 9.66. The Kier molecular flexibility index (Phi) is 13.0. The number of halogens is 5. The molecule has 1 saturated heterocycles. The summed E-state index contributed by atoms with van der Waals surface area (Å²) in [5.41, 5.74) is 8.96. The van der Waals surface area contributed by atoms with Crippen molar-refractivity contribution in [2.45, 2.75) is 32.2 Å². The number of benzene rings is 3. The van der Waals surface area contributed by atoms with Crippen LogP contribution in [0.25, 0.3) is 27.9 Å². The van der Waals surface area contributed by atoms with E-state index >= 15 is 13.2 Å². The Morgan fingerprint density at radius 1 is 1.06 bits per heavy atom. The van der Waals surface area contributed by atoms with Gasteiger partial charge in [0, 0.05) is 50.1 Å². The van der Waals surface area contributed by atoms with Crippen LogP contribution in [0.3, 0.4) is 0 Å². The summed E-state index contributed by atoms with van der Waals surface area (Å²) in [5, 5.41) is 7.11. The molecule has 3 aromatic carbocycles. The lowest BCUT2D eigenvalue weighted by Crippen LogP contribution is -2.45. The number of nitrogens with zero attached hydrogens (tertiary/aromatic N) is 11. The minimum atomic E-state index is -0.744. The van der Waals surface area contributed by atoms with E-state index in [0.29, 0.717) is 57.9 Å². The number of rotatable bonds is 15. The van der Waals surface area contributed by atoms with Gasteiger partial charge in [-0.05, 0) is 96.2 Å². The lowest BCUT2D eigenvalue weighted by Gasteiger charge is -2.33. The summed E-state index contributed by atoms with van der Waals surface area (Å²) in [6.07, 6.45) is 4.76. The highest BCUT2D eigenvalue weighted by atomic mass is 79.9. The molecular weight excluding hydrogens is 969 g/mol. The summed E-state index contributed by atoms with van der Waals surface area (Å²) in [4.78, 5) is 60.7. The number of fused-ring (bicyclic) bond motifs is 2. The van der Waals surface area contributed by atoms with Crippen LogP contribution in [0.4, 0.5) is 36.6 Å². The molecule has 68 heavy (non-hydrogen) atoms. The quantitative estimate of drug-likeness (QED) is 0.0878. The zero-order valence-corrected chi connectivity index (χ0v) is 39.5. The monoisotopic (exact) mass is 1010 g/mol. The van der Waals surface area contributed by atoms with Crippen LogP contribution >= 0.6 is 27.5 Å². The van der Waals surface area contributed by atoms with E-state index in [1.807, 2.05) is 7.05 Å². The lowest BCUT2D eigenvalue weighted by atomic mass is 10.0. The van der Waals surface area contributed by atoms with Gasteiger partial charge in [-0.1, -0.05) is 24.2 Å². The summed E-state index contributed by atoms with van der Waals surface area (Å²) < 4.78 is 53.7. The van der Waals surface area contributed by atoms with Gasteiger partial charge in [0.05, 0.1) is 46.4 Å². The first-order valence-electron chi connectivity index (χ1n) is 21.6. The third-order valence-corrected chi connectivity index (χ3v) is 12.8. The molecule has 9 rings (SSSR count). The van der Waals surface area contributed by atoms with Gasteiger partial charge in [0.25, 0.3) is 11.8 Å². The highest BCUT2D eigenvalue weighted by Crippen LogP contribution is 2.41. The van der Waals surface area contributed by atoms with Gasteiger partial charge >= 0.3 is 0 Å². The van der Waals surface area contributed by atoms with Gasteiger partial charge in [-0.2, -0.15) is 19.6 Å². The number of carbonyl (C=O) groups is 2. The van der Waals surface area contributed by atoms with E-state index < -0.39 is 29.3 Å². The SMILES string of the molecule is C=C(CN(Cc1nc2c(F)c(Cl)ccc2[nH]1)c1nc(N2CCN(C)CC2)nc2c(Br)cnn12)C(=O)N(C)CCOc1c(N)ncnc1-c1cc(F)cc(NC(=O)c2ccc(C3CC3)cc2F)c1C. The number of aromatic nitrogens is 8. The minimum absolute atomic E-state index is 0.0158. The van der Waals surface area contributed by atoms with Crippen molar-refractivity contribution in [3.05, 3.63) is 117 Å². The molecule has 1 aliphatic heterocycles. The van der Waals surface area contributed by atoms with Gasteiger partial charge in [0.15, 0.2) is 23.0 Å². The highest BCUT2D eigenvalue weighted by Gasteiger charge is 2.28. The van der Waals surface area contributed by atoms with E-state index in [4.69, 9.17) is 32.0 Å². The van der Waals surface area contributed by atoms with Crippen LogP contribution in [0.5, 0.6) is 5.75 Å². The molecule has 0 spiro atoms. The molecule has 0 radical (unpaired) electrons. The van der Waals surface area contributed by atoms with Crippen molar-refractivity contribution in [1.82, 2.24) is 49.3 Å². The average Bonchev–Trinajstić information content (AvgIpc) is 3.99. The third kappa shape index (κ3) is 9.50. The van der Waals surface area contributed by atoms with E-state index in [-0.39, 0.29) is 76.4 Å². The smallest absolute Gasteiger partial charge is 0.258 e. The molecule has 2 aliphatic rings. The first kappa shape index (κ1) is 46.3. The molecule has 5 heterocycles. The Balaban J connectivity index is 0.931.